The summed E-state index contributed by atoms with van der Waals surface area (Å²) >= 11 is 0. The molecule has 0 radical (unpaired) electrons. The van der Waals surface area contributed by atoms with Gasteiger partial charge in [-0.2, -0.15) is 0 Å². The number of carbonyl (C=O) groups excluding carboxylic acids is 1. The van der Waals surface area contributed by atoms with E-state index in [-0.39, 0.29) is 12.1 Å². The van der Waals surface area contributed by atoms with Crippen molar-refractivity contribution >= 4 is 6.03 Å². The zero-order valence-electron chi connectivity index (χ0n) is 14.4. The first-order chi connectivity index (χ1) is 10.4. The van der Waals surface area contributed by atoms with Gasteiger partial charge in [0.05, 0.1) is 6.54 Å². The molecule has 0 spiro atoms. The van der Waals surface area contributed by atoms with Crippen LogP contribution in [0.15, 0.2) is 12.4 Å². The standard InChI is InChI=1S/C16H29N5O/c1-12(2)18-16(22)21-10-14(8-19(5)13(3)4)9-20-7-6-17-15(20)11-21/h6-7,12-14H,8-11H2,1-5H3,(H,18,22). The van der Waals surface area contributed by atoms with Gasteiger partial charge in [-0.3, -0.25) is 0 Å². The molecule has 1 aliphatic heterocycles. The number of fused-ring (bicyclic) bond motifs is 1. The van der Waals surface area contributed by atoms with Gasteiger partial charge in [-0.25, -0.2) is 9.78 Å². The Bertz CT molecular complexity index is 496. The summed E-state index contributed by atoms with van der Waals surface area (Å²) in [6.07, 6.45) is 3.84. The highest BCUT2D eigenvalue weighted by atomic mass is 16.2. The van der Waals surface area contributed by atoms with Crippen molar-refractivity contribution in [3.8, 4) is 0 Å². The van der Waals surface area contributed by atoms with Crippen LogP contribution in [-0.4, -0.2) is 57.6 Å². The van der Waals surface area contributed by atoms with Gasteiger partial charge in [-0.1, -0.05) is 0 Å². The van der Waals surface area contributed by atoms with Gasteiger partial charge in [0, 0.05) is 50.0 Å². The lowest BCUT2D eigenvalue weighted by Crippen LogP contribution is -2.45. The second-order valence-electron chi connectivity index (χ2n) is 6.88. The van der Waals surface area contributed by atoms with Crippen LogP contribution in [0.4, 0.5) is 4.79 Å². The summed E-state index contributed by atoms with van der Waals surface area (Å²) in [5.74, 6) is 1.37. The van der Waals surface area contributed by atoms with E-state index in [2.05, 4.69) is 40.7 Å². The molecule has 6 heteroatoms. The topological polar surface area (TPSA) is 53.4 Å². The Morgan fingerprint density at radius 1 is 1.41 bits per heavy atom. The lowest BCUT2D eigenvalue weighted by Gasteiger charge is -2.29. The fourth-order valence-corrected chi connectivity index (χ4v) is 2.77. The number of urea groups is 1. The minimum absolute atomic E-state index is 0.00338. The molecule has 2 heterocycles. The molecule has 1 N–H and O–H groups in total. The van der Waals surface area contributed by atoms with Crippen LogP contribution in [0.1, 0.15) is 33.5 Å². The third-order valence-corrected chi connectivity index (χ3v) is 4.19. The molecule has 0 saturated heterocycles. The predicted octanol–water partition coefficient (Wildman–Crippen LogP) is 1.77. The highest BCUT2D eigenvalue weighted by Crippen LogP contribution is 2.17. The van der Waals surface area contributed by atoms with E-state index in [0.29, 0.717) is 18.5 Å². The summed E-state index contributed by atoms with van der Waals surface area (Å²) in [5.41, 5.74) is 0. The van der Waals surface area contributed by atoms with Crippen molar-refractivity contribution in [3.05, 3.63) is 18.2 Å². The second kappa shape index (κ2) is 7.13. The summed E-state index contributed by atoms with van der Waals surface area (Å²) < 4.78 is 2.18. The van der Waals surface area contributed by atoms with Crippen molar-refractivity contribution in [3.63, 3.8) is 0 Å². The number of imidazole rings is 1. The van der Waals surface area contributed by atoms with Crippen molar-refractivity contribution < 1.29 is 4.79 Å². The maximum absolute atomic E-state index is 12.4. The van der Waals surface area contributed by atoms with Crippen molar-refractivity contribution in [1.82, 2.24) is 24.7 Å². The Balaban J connectivity index is 2.13. The molecule has 0 bridgehead atoms. The Morgan fingerprint density at radius 3 is 2.77 bits per heavy atom. The summed E-state index contributed by atoms with van der Waals surface area (Å²) in [6.45, 7) is 11.6. The van der Waals surface area contributed by atoms with E-state index < -0.39 is 0 Å². The van der Waals surface area contributed by atoms with Crippen LogP contribution >= 0.6 is 0 Å². The number of amides is 2. The van der Waals surface area contributed by atoms with E-state index in [1.165, 1.54) is 0 Å². The second-order valence-corrected chi connectivity index (χ2v) is 6.88. The first-order valence-corrected chi connectivity index (χ1v) is 8.12. The minimum Gasteiger partial charge on any atom is -0.336 e. The molecule has 1 aromatic rings. The van der Waals surface area contributed by atoms with E-state index in [0.717, 1.165) is 25.5 Å². The third-order valence-electron chi connectivity index (χ3n) is 4.19. The average molecular weight is 307 g/mol. The maximum atomic E-state index is 12.4. The molecule has 0 aliphatic carbocycles. The molecule has 1 aliphatic rings. The van der Waals surface area contributed by atoms with Gasteiger partial charge in [0.2, 0.25) is 0 Å². The Morgan fingerprint density at radius 2 is 2.14 bits per heavy atom. The summed E-state index contributed by atoms with van der Waals surface area (Å²) in [4.78, 5) is 21.1. The van der Waals surface area contributed by atoms with Crippen LogP contribution in [0.25, 0.3) is 0 Å². The molecule has 1 atom stereocenters. The largest absolute Gasteiger partial charge is 0.336 e. The molecule has 2 rings (SSSR count). The van der Waals surface area contributed by atoms with E-state index >= 15 is 0 Å². The number of aromatic nitrogens is 2. The highest BCUT2D eigenvalue weighted by Gasteiger charge is 2.26. The highest BCUT2D eigenvalue weighted by molar-refractivity contribution is 5.74. The van der Waals surface area contributed by atoms with Crippen LogP contribution in [0.2, 0.25) is 0 Å². The van der Waals surface area contributed by atoms with Crippen molar-refractivity contribution in [1.29, 1.82) is 0 Å². The fourth-order valence-electron chi connectivity index (χ4n) is 2.77. The normalized spacial score (nSPS) is 18.7. The monoisotopic (exact) mass is 307 g/mol. The van der Waals surface area contributed by atoms with Crippen molar-refractivity contribution in [2.45, 2.75) is 52.9 Å². The molecule has 22 heavy (non-hydrogen) atoms. The van der Waals surface area contributed by atoms with E-state index in [1.54, 1.807) is 0 Å². The Labute approximate surface area is 133 Å². The molecule has 6 nitrogen and oxygen atoms in total. The number of rotatable bonds is 4. The fraction of sp³-hybridized carbons (Fsp3) is 0.750. The zero-order chi connectivity index (χ0) is 16.3. The molecular formula is C16H29N5O. The lowest BCUT2D eigenvalue weighted by molar-refractivity contribution is 0.164. The molecule has 2 amide bonds. The van der Waals surface area contributed by atoms with Crippen LogP contribution in [-0.2, 0) is 13.1 Å². The summed E-state index contributed by atoms with van der Waals surface area (Å²) in [6, 6.07) is 0.652. The van der Waals surface area contributed by atoms with Gasteiger partial charge in [0.15, 0.2) is 0 Å². The maximum Gasteiger partial charge on any atom is 0.318 e. The first kappa shape index (κ1) is 16.8. The number of carbonyl (C=O) groups is 1. The molecule has 1 aromatic heterocycles. The predicted molar refractivity (Wildman–Crippen MR) is 87.6 cm³/mol. The minimum atomic E-state index is 0.00338. The number of hydrogen-bond acceptors (Lipinski definition) is 3. The molecule has 124 valence electrons. The average Bonchev–Trinajstić information content (AvgIpc) is 2.76. The first-order valence-electron chi connectivity index (χ1n) is 8.12. The summed E-state index contributed by atoms with van der Waals surface area (Å²) in [7, 11) is 2.14. The molecule has 0 saturated carbocycles. The van der Waals surface area contributed by atoms with Gasteiger partial charge in [0.1, 0.15) is 5.82 Å². The van der Waals surface area contributed by atoms with Crippen LogP contribution < -0.4 is 5.32 Å². The Hall–Kier alpha value is -1.56. The molecular weight excluding hydrogens is 278 g/mol. The van der Waals surface area contributed by atoms with E-state index in [9.17, 15) is 4.79 Å². The van der Waals surface area contributed by atoms with Crippen molar-refractivity contribution in [2.24, 2.45) is 5.92 Å². The van der Waals surface area contributed by atoms with E-state index in [4.69, 9.17) is 0 Å². The number of nitrogens with zero attached hydrogens (tertiary/aromatic N) is 4. The van der Waals surface area contributed by atoms with Crippen LogP contribution in [0, 0.1) is 5.92 Å². The zero-order valence-corrected chi connectivity index (χ0v) is 14.4. The van der Waals surface area contributed by atoms with Crippen LogP contribution in [0.3, 0.4) is 0 Å². The van der Waals surface area contributed by atoms with Crippen LogP contribution in [0.5, 0.6) is 0 Å². The van der Waals surface area contributed by atoms with Crippen molar-refractivity contribution in [2.75, 3.05) is 20.1 Å². The van der Waals surface area contributed by atoms with Gasteiger partial charge in [0.25, 0.3) is 0 Å². The van der Waals surface area contributed by atoms with Gasteiger partial charge >= 0.3 is 6.03 Å². The molecule has 0 fully saturated rings. The molecule has 0 aromatic carbocycles. The van der Waals surface area contributed by atoms with E-state index in [1.807, 2.05) is 31.1 Å². The SMILES string of the molecule is CC(C)NC(=O)N1Cc2nccn2CC(CN(C)C(C)C)C1. The summed E-state index contributed by atoms with van der Waals surface area (Å²) in [5, 5.41) is 3.00. The van der Waals surface area contributed by atoms with Gasteiger partial charge in [-0.05, 0) is 34.7 Å². The number of hydrogen-bond donors (Lipinski definition) is 1. The number of nitrogens with one attached hydrogen (secondary N) is 1. The third kappa shape index (κ3) is 4.22. The quantitative estimate of drug-likeness (QED) is 0.922. The molecule has 1 unspecified atom stereocenters. The Kier molecular flexibility index (Phi) is 5.45. The van der Waals surface area contributed by atoms with Gasteiger partial charge in [-0.15, -0.1) is 0 Å². The smallest absolute Gasteiger partial charge is 0.318 e. The lowest BCUT2D eigenvalue weighted by atomic mass is 10.1. The van der Waals surface area contributed by atoms with Gasteiger partial charge < -0.3 is 19.7 Å².